The number of aliphatic carboxylic acids is 1. The molecule has 1 amide bonds. The van der Waals surface area contributed by atoms with Crippen LogP contribution >= 0.6 is 0 Å². The van der Waals surface area contributed by atoms with E-state index in [1.54, 1.807) is 11.1 Å². The minimum absolute atomic E-state index is 0.0900. The number of fused-ring (bicyclic) bond motifs is 1. The van der Waals surface area contributed by atoms with Gasteiger partial charge in [-0.1, -0.05) is 30.3 Å². The van der Waals surface area contributed by atoms with E-state index in [1.165, 1.54) is 0 Å². The average molecular weight is 339 g/mol. The maximum absolute atomic E-state index is 13.0. The van der Waals surface area contributed by atoms with Crippen LogP contribution in [0.2, 0.25) is 0 Å². The number of hydrogen-bond acceptors (Lipinski definition) is 3. The van der Waals surface area contributed by atoms with Gasteiger partial charge in [0.2, 0.25) is 0 Å². The third-order valence-electron chi connectivity index (χ3n) is 5.36. The number of carbonyl (C=O) groups excluding carboxylic acids is 1. The number of carboxylic acids is 1. The summed E-state index contributed by atoms with van der Waals surface area (Å²) in [7, 11) is 0. The number of likely N-dealkylation sites (tertiary alicyclic amines) is 1. The summed E-state index contributed by atoms with van der Waals surface area (Å²) in [5.74, 6) is -1.68. The van der Waals surface area contributed by atoms with Crippen molar-refractivity contribution in [1.82, 2.24) is 14.7 Å². The first-order chi connectivity index (χ1) is 12.1. The Kier molecular flexibility index (Phi) is 4.03. The third kappa shape index (κ3) is 2.81. The normalized spacial score (nSPS) is 22.6. The summed E-state index contributed by atoms with van der Waals surface area (Å²) in [6.45, 7) is 1.54. The summed E-state index contributed by atoms with van der Waals surface area (Å²) >= 11 is 0. The first-order valence-electron chi connectivity index (χ1n) is 8.77. The van der Waals surface area contributed by atoms with Gasteiger partial charge in [0, 0.05) is 25.6 Å². The van der Waals surface area contributed by atoms with Gasteiger partial charge in [0.1, 0.15) is 0 Å². The molecule has 0 spiro atoms. The molecule has 2 aliphatic rings. The molecule has 2 unspecified atom stereocenters. The number of benzene rings is 1. The molecule has 0 radical (unpaired) electrons. The molecule has 1 aromatic carbocycles. The van der Waals surface area contributed by atoms with Gasteiger partial charge in [-0.2, -0.15) is 5.10 Å². The number of nitrogens with zero attached hydrogens (tertiary/aromatic N) is 3. The van der Waals surface area contributed by atoms with Crippen LogP contribution in [0.3, 0.4) is 0 Å². The molecule has 0 aliphatic carbocycles. The molecule has 1 saturated heterocycles. The molecule has 6 nitrogen and oxygen atoms in total. The topological polar surface area (TPSA) is 75.4 Å². The highest BCUT2D eigenvalue weighted by Crippen LogP contribution is 2.34. The SMILES string of the molecule is O=C(O)C1CN(C(=O)c2cnn3c2CCCC3)CC1c1ccccc1. The van der Waals surface area contributed by atoms with Crippen molar-refractivity contribution in [1.29, 1.82) is 0 Å². The third-order valence-corrected chi connectivity index (χ3v) is 5.36. The molecule has 130 valence electrons. The molecule has 25 heavy (non-hydrogen) atoms. The van der Waals surface area contributed by atoms with E-state index in [0.717, 1.165) is 37.1 Å². The van der Waals surface area contributed by atoms with Gasteiger partial charge >= 0.3 is 5.97 Å². The van der Waals surface area contributed by atoms with E-state index in [4.69, 9.17) is 0 Å². The molecule has 1 fully saturated rings. The maximum Gasteiger partial charge on any atom is 0.308 e. The van der Waals surface area contributed by atoms with Gasteiger partial charge in [-0.25, -0.2) is 0 Å². The van der Waals surface area contributed by atoms with Crippen molar-refractivity contribution in [3.05, 3.63) is 53.3 Å². The zero-order chi connectivity index (χ0) is 17.4. The van der Waals surface area contributed by atoms with E-state index in [-0.39, 0.29) is 18.4 Å². The van der Waals surface area contributed by atoms with Crippen molar-refractivity contribution in [2.75, 3.05) is 13.1 Å². The number of aryl methyl sites for hydroxylation is 1. The monoisotopic (exact) mass is 339 g/mol. The summed E-state index contributed by atoms with van der Waals surface area (Å²) in [5, 5.41) is 13.9. The lowest BCUT2D eigenvalue weighted by atomic mass is 9.89. The predicted molar refractivity (Wildman–Crippen MR) is 91.4 cm³/mol. The van der Waals surface area contributed by atoms with Crippen LogP contribution in [0.15, 0.2) is 36.5 Å². The number of amides is 1. The molecule has 2 aromatic rings. The van der Waals surface area contributed by atoms with E-state index >= 15 is 0 Å². The minimum atomic E-state index is -0.846. The Hall–Kier alpha value is -2.63. The Balaban J connectivity index is 1.60. The summed E-state index contributed by atoms with van der Waals surface area (Å²) in [5.41, 5.74) is 2.60. The lowest BCUT2D eigenvalue weighted by Crippen LogP contribution is -2.30. The minimum Gasteiger partial charge on any atom is -0.481 e. The number of hydrogen-bond donors (Lipinski definition) is 1. The van der Waals surface area contributed by atoms with Crippen LogP contribution < -0.4 is 0 Å². The highest BCUT2D eigenvalue weighted by molar-refractivity contribution is 5.96. The van der Waals surface area contributed by atoms with Crippen molar-refractivity contribution >= 4 is 11.9 Å². The molecule has 2 atom stereocenters. The van der Waals surface area contributed by atoms with Crippen LogP contribution in [0.1, 0.15) is 40.4 Å². The molecular formula is C19H21N3O3. The molecule has 1 aromatic heterocycles. The molecule has 1 N–H and O–H groups in total. The highest BCUT2D eigenvalue weighted by atomic mass is 16.4. The summed E-state index contributed by atoms with van der Waals surface area (Å²) in [6.07, 6.45) is 4.66. The molecule has 2 aliphatic heterocycles. The van der Waals surface area contributed by atoms with E-state index in [0.29, 0.717) is 12.1 Å². The second-order valence-electron chi connectivity index (χ2n) is 6.86. The highest BCUT2D eigenvalue weighted by Gasteiger charge is 2.41. The van der Waals surface area contributed by atoms with Gasteiger partial charge in [0.25, 0.3) is 5.91 Å². The lowest BCUT2D eigenvalue weighted by Gasteiger charge is -2.19. The maximum atomic E-state index is 13.0. The standard InChI is InChI=1S/C19H21N3O3/c23-18(14-10-20-22-9-5-4-8-17(14)22)21-11-15(16(12-21)19(24)25)13-6-2-1-3-7-13/h1-3,6-7,10,15-16H,4-5,8-9,11-12H2,(H,24,25). The van der Waals surface area contributed by atoms with Crippen LogP contribution in [-0.2, 0) is 17.8 Å². The number of carboxylic acid groups (broad SMARTS) is 1. The molecule has 0 bridgehead atoms. The second kappa shape index (κ2) is 6.35. The fourth-order valence-corrected chi connectivity index (χ4v) is 4.03. The van der Waals surface area contributed by atoms with Gasteiger partial charge in [0.15, 0.2) is 0 Å². The lowest BCUT2D eigenvalue weighted by molar-refractivity contribution is -0.141. The van der Waals surface area contributed by atoms with E-state index < -0.39 is 11.9 Å². The quantitative estimate of drug-likeness (QED) is 0.930. The summed E-state index contributed by atoms with van der Waals surface area (Å²) in [4.78, 5) is 26.4. The largest absolute Gasteiger partial charge is 0.481 e. The molecule has 4 rings (SSSR count). The van der Waals surface area contributed by atoms with Crippen molar-refractivity contribution in [2.24, 2.45) is 5.92 Å². The van der Waals surface area contributed by atoms with Gasteiger partial charge in [-0.05, 0) is 24.8 Å². The predicted octanol–water partition coefficient (Wildman–Crippen LogP) is 2.16. The zero-order valence-corrected chi connectivity index (χ0v) is 14.0. The smallest absolute Gasteiger partial charge is 0.308 e. The Morgan fingerprint density at radius 3 is 2.68 bits per heavy atom. The fourth-order valence-electron chi connectivity index (χ4n) is 4.03. The summed E-state index contributed by atoms with van der Waals surface area (Å²) in [6, 6.07) is 9.61. The second-order valence-corrected chi connectivity index (χ2v) is 6.86. The molecule has 6 heteroatoms. The van der Waals surface area contributed by atoms with Crippen molar-refractivity contribution in [3.8, 4) is 0 Å². The molecular weight excluding hydrogens is 318 g/mol. The first-order valence-corrected chi connectivity index (χ1v) is 8.77. The van der Waals surface area contributed by atoms with Crippen molar-refractivity contribution in [3.63, 3.8) is 0 Å². The van der Waals surface area contributed by atoms with E-state index in [1.807, 2.05) is 35.0 Å². The number of carbonyl (C=O) groups is 2. The Labute approximate surface area is 146 Å². The summed E-state index contributed by atoms with van der Waals surface area (Å²) < 4.78 is 1.91. The van der Waals surface area contributed by atoms with E-state index in [2.05, 4.69) is 5.10 Å². The fraction of sp³-hybridized carbons (Fsp3) is 0.421. The van der Waals surface area contributed by atoms with Crippen LogP contribution in [0.5, 0.6) is 0 Å². The van der Waals surface area contributed by atoms with Gasteiger partial charge in [0.05, 0.1) is 23.4 Å². The van der Waals surface area contributed by atoms with Gasteiger partial charge < -0.3 is 10.0 Å². The van der Waals surface area contributed by atoms with Crippen molar-refractivity contribution in [2.45, 2.75) is 31.7 Å². The van der Waals surface area contributed by atoms with Crippen LogP contribution in [0.4, 0.5) is 0 Å². The van der Waals surface area contributed by atoms with Crippen LogP contribution in [-0.4, -0.2) is 44.8 Å². The Morgan fingerprint density at radius 1 is 1.12 bits per heavy atom. The Bertz CT molecular complexity index is 800. The van der Waals surface area contributed by atoms with Crippen LogP contribution in [0, 0.1) is 5.92 Å². The van der Waals surface area contributed by atoms with Crippen molar-refractivity contribution < 1.29 is 14.7 Å². The molecule has 3 heterocycles. The first kappa shape index (κ1) is 15.9. The van der Waals surface area contributed by atoms with Crippen LogP contribution in [0.25, 0.3) is 0 Å². The number of aromatic nitrogens is 2. The Morgan fingerprint density at radius 2 is 1.92 bits per heavy atom. The molecule has 0 saturated carbocycles. The van der Waals surface area contributed by atoms with Gasteiger partial charge in [-0.15, -0.1) is 0 Å². The number of rotatable bonds is 3. The van der Waals surface area contributed by atoms with Gasteiger partial charge in [-0.3, -0.25) is 14.3 Å². The zero-order valence-electron chi connectivity index (χ0n) is 14.0. The van der Waals surface area contributed by atoms with E-state index in [9.17, 15) is 14.7 Å². The average Bonchev–Trinajstić information content (AvgIpc) is 3.27.